The van der Waals surface area contributed by atoms with Crippen LogP contribution in [-0.2, 0) is 11.2 Å². The highest BCUT2D eigenvalue weighted by Crippen LogP contribution is 2.21. The SMILES string of the molecule is CC(=O)C(Cc1ccc(OCCN(C)c2nc3ccccc3o2)cc1)n1cccc1. The van der Waals surface area contributed by atoms with Crippen molar-refractivity contribution in [1.29, 1.82) is 0 Å². The Labute approximate surface area is 175 Å². The Bertz CT molecular complexity index is 1070. The Morgan fingerprint density at radius 2 is 1.83 bits per heavy atom. The van der Waals surface area contributed by atoms with Gasteiger partial charge in [-0.1, -0.05) is 24.3 Å². The Morgan fingerprint density at radius 3 is 2.53 bits per heavy atom. The van der Waals surface area contributed by atoms with Crippen LogP contribution in [0.15, 0.2) is 77.5 Å². The number of Topliss-reactive ketones (excluding diaryl/α,β-unsaturated/α-hetero) is 1. The molecule has 6 nitrogen and oxygen atoms in total. The van der Waals surface area contributed by atoms with Crippen LogP contribution in [-0.4, -0.2) is 35.5 Å². The first-order valence-electron chi connectivity index (χ1n) is 10.0. The molecule has 0 N–H and O–H groups in total. The van der Waals surface area contributed by atoms with Gasteiger partial charge in [0.05, 0.1) is 12.6 Å². The second-order valence-electron chi connectivity index (χ2n) is 7.34. The minimum atomic E-state index is -0.184. The fourth-order valence-electron chi connectivity index (χ4n) is 3.38. The zero-order chi connectivity index (χ0) is 20.9. The lowest BCUT2D eigenvalue weighted by atomic mass is 10.0. The van der Waals surface area contributed by atoms with Gasteiger partial charge in [-0.25, -0.2) is 0 Å². The van der Waals surface area contributed by atoms with E-state index in [0.29, 0.717) is 25.6 Å². The van der Waals surface area contributed by atoms with E-state index in [1.54, 1.807) is 6.92 Å². The summed E-state index contributed by atoms with van der Waals surface area (Å²) < 4.78 is 13.6. The van der Waals surface area contributed by atoms with E-state index in [2.05, 4.69) is 4.98 Å². The molecule has 0 fully saturated rings. The Morgan fingerprint density at radius 1 is 1.10 bits per heavy atom. The number of likely N-dealkylation sites (N-methyl/N-ethyl adjacent to an activating group) is 1. The molecule has 0 aliphatic rings. The smallest absolute Gasteiger partial charge is 0.298 e. The minimum Gasteiger partial charge on any atom is -0.492 e. The largest absolute Gasteiger partial charge is 0.492 e. The summed E-state index contributed by atoms with van der Waals surface area (Å²) in [6.45, 7) is 2.79. The number of rotatable bonds is 9. The first-order chi connectivity index (χ1) is 14.6. The molecule has 2 aromatic carbocycles. The minimum absolute atomic E-state index is 0.147. The third-order valence-electron chi connectivity index (χ3n) is 5.11. The Kier molecular flexibility index (Phi) is 5.84. The van der Waals surface area contributed by atoms with Gasteiger partial charge in [-0.05, 0) is 48.9 Å². The average Bonchev–Trinajstić information content (AvgIpc) is 3.42. The van der Waals surface area contributed by atoms with Crippen molar-refractivity contribution >= 4 is 22.9 Å². The molecule has 2 heterocycles. The van der Waals surface area contributed by atoms with E-state index in [9.17, 15) is 4.79 Å². The number of carbonyl (C=O) groups excluding carboxylic acids is 1. The first kappa shape index (κ1) is 19.8. The van der Waals surface area contributed by atoms with E-state index in [-0.39, 0.29) is 11.8 Å². The van der Waals surface area contributed by atoms with Crippen molar-refractivity contribution in [3.63, 3.8) is 0 Å². The number of ketones is 1. The van der Waals surface area contributed by atoms with Crippen LogP contribution in [0.4, 0.5) is 6.01 Å². The number of ether oxygens (including phenoxy) is 1. The van der Waals surface area contributed by atoms with Crippen molar-refractivity contribution in [2.75, 3.05) is 25.1 Å². The third-order valence-corrected chi connectivity index (χ3v) is 5.11. The lowest BCUT2D eigenvalue weighted by Crippen LogP contribution is -2.24. The van der Waals surface area contributed by atoms with Crippen molar-refractivity contribution in [3.05, 3.63) is 78.6 Å². The molecule has 30 heavy (non-hydrogen) atoms. The average molecular weight is 403 g/mol. The van der Waals surface area contributed by atoms with Gasteiger partial charge in [0.2, 0.25) is 0 Å². The maximum Gasteiger partial charge on any atom is 0.298 e. The molecule has 0 aliphatic heterocycles. The van der Waals surface area contributed by atoms with Crippen LogP contribution in [0.1, 0.15) is 18.5 Å². The monoisotopic (exact) mass is 403 g/mol. The van der Waals surface area contributed by atoms with E-state index in [0.717, 1.165) is 22.4 Å². The van der Waals surface area contributed by atoms with Crippen molar-refractivity contribution in [2.24, 2.45) is 0 Å². The molecule has 1 unspecified atom stereocenters. The quantitative estimate of drug-likeness (QED) is 0.411. The highest BCUT2D eigenvalue weighted by atomic mass is 16.5. The van der Waals surface area contributed by atoms with Crippen LogP contribution in [0.25, 0.3) is 11.1 Å². The highest BCUT2D eigenvalue weighted by Gasteiger charge is 2.16. The summed E-state index contributed by atoms with van der Waals surface area (Å²) in [7, 11) is 1.93. The topological polar surface area (TPSA) is 60.5 Å². The summed E-state index contributed by atoms with van der Waals surface area (Å²) in [6, 6.07) is 19.9. The molecule has 0 saturated heterocycles. The molecular formula is C24H25N3O3. The number of oxazole rings is 1. The molecule has 0 aliphatic carbocycles. The van der Waals surface area contributed by atoms with Gasteiger partial charge in [-0.2, -0.15) is 4.98 Å². The number of benzene rings is 2. The standard InChI is InChI=1S/C24H25N3O3/c1-18(28)22(27-13-5-6-14-27)17-19-9-11-20(12-10-19)29-16-15-26(2)24-25-21-7-3-4-8-23(21)30-24/h3-14,22H,15-17H2,1-2H3. The zero-order valence-electron chi connectivity index (χ0n) is 17.2. The number of hydrogen-bond acceptors (Lipinski definition) is 5. The van der Waals surface area contributed by atoms with Crippen LogP contribution < -0.4 is 9.64 Å². The van der Waals surface area contributed by atoms with Crippen molar-refractivity contribution in [3.8, 4) is 5.75 Å². The number of hydrogen-bond donors (Lipinski definition) is 0. The summed E-state index contributed by atoms with van der Waals surface area (Å²) >= 11 is 0. The summed E-state index contributed by atoms with van der Waals surface area (Å²) in [6.07, 6.45) is 4.51. The van der Waals surface area contributed by atoms with Crippen LogP contribution >= 0.6 is 0 Å². The highest BCUT2D eigenvalue weighted by molar-refractivity contribution is 5.80. The maximum absolute atomic E-state index is 12.0. The van der Waals surface area contributed by atoms with Crippen molar-refractivity contribution in [1.82, 2.24) is 9.55 Å². The van der Waals surface area contributed by atoms with E-state index < -0.39 is 0 Å². The maximum atomic E-state index is 12.0. The normalized spacial score (nSPS) is 12.1. The molecule has 4 aromatic rings. The molecule has 0 saturated carbocycles. The van der Waals surface area contributed by atoms with Gasteiger partial charge in [0.25, 0.3) is 6.01 Å². The van der Waals surface area contributed by atoms with Crippen LogP contribution in [0.5, 0.6) is 5.75 Å². The number of aromatic nitrogens is 2. The second kappa shape index (κ2) is 8.86. The van der Waals surface area contributed by atoms with E-state index in [1.165, 1.54) is 0 Å². The first-order valence-corrected chi connectivity index (χ1v) is 10.0. The van der Waals surface area contributed by atoms with Gasteiger partial charge in [0.15, 0.2) is 11.4 Å². The van der Waals surface area contributed by atoms with Gasteiger partial charge in [0, 0.05) is 25.9 Å². The van der Waals surface area contributed by atoms with Gasteiger partial charge >= 0.3 is 0 Å². The molecular weight excluding hydrogens is 378 g/mol. The molecule has 0 radical (unpaired) electrons. The molecule has 2 aromatic heterocycles. The predicted molar refractivity (Wildman–Crippen MR) is 117 cm³/mol. The summed E-state index contributed by atoms with van der Waals surface area (Å²) in [5.74, 6) is 0.943. The Balaban J connectivity index is 1.30. The van der Waals surface area contributed by atoms with Gasteiger partial charge in [-0.3, -0.25) is 4.79 Å². The van der Waals surface area contributed by atoms with Crippen LogP contribution in [0.2, 0.25) is 0 Å². The predicted octanol–water partition coefficient (Wildman–Crippen LogP) is 4.52. The fraction of sp³-hybridized carbons (Fsp3) is 0.250. The molecule has 1 atom stereocenters. The van der Waals surface area contributed by atoms with Gasteiger partial charge in [-0.15, -0.1) is 0 Å². The summed E-state index contributed by atoms with van der Waals surface area (Å²) in [4.78, 5) is 18.5. The van der Waals surface area contributed by atoms with Crippen molar-refractivity contribution < 1.29 is 13.9 Å². The number of nitrogens with zero attached hydrogens (tertiary/aromatic N) is 3. The van der Waals surface area contributed by atoms with Crippen molar-refractivity contribution in [2.45, 2.75) is 19.4 Å². The van der Waals surface area contributed by atoms with Gasteiger partial charge < -0.3 is 18.6 Å². The zero-order valence-corrected chi connectivity index (χ0v) is 17.2. The van der Waals surface area contributed by atoms with E-state index in [1.807, 2.05) is 89.6 Å². The van der Waals surface area contributed by atoms with Crippen LogP contribution in [0.3, 0.4) is 0 Å². The second-order valence-corrected chi connectivity index (χ2v) is 7.34. The molecule has 6 heteroatoms. The lowest BCUT2D eigenvalue weighted by Gasteiger charge is -2.17. The van der Waals surface area contributed by atoms with Crippen LogP contribution in [0, 0.1) is 0 Å². The summed E-state index contributed by atoms with van der Waals surface area (Å²) in [5.41, 5.74) is 2.72. The van der Waals surface area contributed by atoms with Gasteiger partial charge in [0.1, 0.15) is 17.9 Å². The molecule has 0 spiro atoms. The third kappa shape index (κ3) is 4.54. The molecule has 154 valence electrons. The van der Waals surface area contributed by atoms with E-state index >= 15 is 0 Å². The summed E-state index contributed by atoms with van der Waals surface area (Å²) in [5, 5.41) is 0. The van der Waals surface area contributed by atoms with E-state index in [4.69, 9.17) is 9.15 Å². The lowest BCUT2D eigenvalue weighted by molar-refractivity contribution is -0.120. The number of para-hydroxylation sites is 2. The molecule has 0 amide bonds. The number of fused-ring (bicyclic) bond motifs is 1. The molecule has 0 bridgehead atoms. The fourth-order valence-corrected chi connectivity index (χ4v) is 3.38. The number of anilines is 1. The Hall–Kier alpha value is -3.54. The number of carbonyl (C=O) groups is 1. The molecule has 4 rings (SSSR count).